The molecule has 0 amide bonds. The van der Waals surface area contributed by atoms with Gasteiger partial charge >= 0.3 is 0 Å². The number of rotatable bonds is 4. The van der Waals surface area contributed by atoms with E-state index in [-0.39, 0.29) is 13.2 Å². The zero-order valence-corrected chi connectivity index (χ0v) is 7.64. The first kappa shape index (κ1) is 9.95. The van der Waals surface area contributed by atoms with Gasteiger partial charge < -0.3 is 15.1 Å². The molecule has 0 saturated carbocycles. The zero-order chi connectivity index (χ0) is 9.68. The second kappa shape index (κ2) is 4.79. The third kappa shape index (κ3) is 2.68. The topological polar surface area (TPSA) is 56.6 Å². The molecule has 13 heavy (non-hydrogen) atoms. The van der Waals surface area contributed by atoms with E-state index in [2.05, 4.69) is 4.98 Å². The average molecular weight is 182 g/mol. The van der Waals surface area contributed by atoms with Gasteiger partial charge in [-0.1, -0.05) is 0 Å². The van der Waals surface area contributed by atoms with Crippen LogP contribution in [0.3, 0.4) is 0 Å². The van der Waals surface area contributed by atoms with Crippen LogP contribution in [0.25, 0.3) is 0 Å². The van der Waals surface area contributed by atoms with E-state index in [1.54, 1.807) is 12.3 Å². The van der Waals surface area contributed by atoms with Crippen molar-refractivity contribution in [2.24, 2.45) is 0 Å². The normalized spacial score (nSPS) is 10.1. The van der Waals surface area contributed by atoms with Gasteiger partial charge in [0.25, 0.3) is 0 Å². The molecule has 0 unspecified atom stereocenters. The van der Waals surface area contributed by atoms with Crippen molar-refractivity contribution in [3.05, 3.63) is 24.0 Å². The lowest BCUT2D eigenvalue weighted by atomic mass is 10.3. The first-order valence-electron chi connectivity index (χ1n) is 4.15. The first-order valence-corrected chi connectivity index (χ1v) is 4.15. The molecule has 2 N–H and O–H groups in total. The number of hydrogen-bond donors (Lipinski definition) is 2. The van der Waals surface area contributed by atoms with Gasteiger partial charge in [0.15, 0.2) is 0 Å². The number of nitrogens with zero attached hydrogens (tertiary/aromatic N) is 2. The fraction of sp³-hybridized carbons (Fsp3) is 0.444. The minimum absolute atomic E-state index is 0.0548. The smallest absolute Gasteiger partial charge is 0.0853 e. The largest absolute Gasteiger partial charge is 0.395 e. The van der Waals surface area contributed by atoms with Crippen molar-refractivity contribution < 1.29 is 10.2 Å². The van der Waals surface area contributed by atoms with Gasteiger partial charge in [-0.15, -0.1) is 0 Å². The van der Waals surface area contributed by atoms with Crippen molar-refractivity contribution in [1.29, 1.82) is 0 Å². The van der Waals surface area contributed by atoms with Crippen LogP contribution in [-0.2, 0) is 6.61 Å². The highest BCUT2D eigenvalue weighted by Crippen LogP contribution is 2.11. The molecule has 0 saturated heterocycles. The van der Waals surface area contributed by atoms with Gasteiger partial charge in [-0.3, -0.25) is 4.98 Å². The lowest BCUT2D eigenvalue weighted by molar-refractivity contribution is 0.277. The van der Waals surface area contributed by atoms with Crippen LogP contribution in [0.4, 0.5) is 5.69 Å². The minimum atomic E-state index is -0.0548. The van der Waals surface area contributed by atoms with Gasteiger partial charge in [0, 0.05) is 25.5 Å². The van der Waals surface area contributed by atoms with Crippen LogP contribution in [0.1, 0.15) is 5.69 Å². The Balaban J connectivity index is 2.75. The minimum Gasteiger partial charge on any atom is -0.395 e. The highest BCUT2D eigenvalue weighted by Gasteiger charge is 2.00. The molecule has 1 heterocycles. The van der Waals surface area contributed by atoms with Crippen molar-refractivity contribution >= 4 is 5.69 Å². The van der Waals surface area contributed by atoms with Gasteiger partial charge in [0.2, 0.25) is 0 Å². The van der Waals surface area contributed by atoms with E-state index in [0.29, 0.717) is 12.2 Å². The number of pyridine rings is 1. The molecule has 0 aliphatic heterocycles. The maximum atomic E-state index is 8.84. The Bertz CT molecular complexity index is 266. The Labute approximate surface area is 77.5 Å². The van der Waals surface area contributed by atoms with Gasteiger partial charge in [-0.25, -0.2) is 0 Å². The third-order valence-corrected chi connectivity index (χ3v) is 1.84. The molecule has 4 heteroatoms. The number of aromatic nitrogens is 1. The number of aliphatic hydroxyl groups is 2. The summed E-state index contributed by atoms with van der Waals surface area (Å²) in [6.07, 6.45) is 1.65. The average Bonchev–Trinajstić information content (AvgIpc) is 2.18. The standard InChI is InChI=1S/C9H14N2O2/c1-11(4-5-12)9-2-3-10-8(6-9)7-13/h2-3,6,12-13H,4-5,7H2,1H3. The molecular weight excluding hydrogens is 168 g/mol. The van der Waals surface area contributed by atoms with E-state index in [9.17, 15) is 0 Å². The number of hydrogen-bond acceptors (Lipinski definition) is 4. The molecule has 1 aromatic heterocycles. The van der Waals surface area contributed by atoms with Crippen LogP contribution in [0.2, 0.25) is 0 Å². The van der Waals surface area contributed by atoms with Gasteiger partial charge in [-0.05, 0) is 12.1 Å². The quantitative estimate of drug-likeness (QED) is 0.688. The third-order valence-electron chi connectivity index (χ3n) is 1.84. The summed E-state index contributed by atoms with van der Waals surface area (Å²) in [7, 11) is 1.88. The first-order chi connectivity index (χ1) is 6.27. The molecule has 0 aromatic carbocycles. The molecule has 0 bridgehead atoms. The highest BCUT2D eigenvalue weighted by molar-refractivity contribution is 5.45. The maximum Gasteiger partial charge on any atom is 0.0853 e. The summed E-state index contributed by atoms with van der Waals surface area (Å²) < 4.78 is 0. The Morgan fingerprint density at radius 1 is 1.46 bits per heavy atom. The van der Waals surface area contributed by atoms with E-state index in [1.165, 1.54) is 0 Å². The van der Waals surface area contributed by atoms with Crippen molar-refractivity contribution in [1.82, 2.24) is 4.98 Å². The number of likely N-dealkylation sites (N-methyl/N-ethyl adjacent to an activating group) is 1. The Hall–Kier alpha value is -1.13. The summed E-state index contributed by atoms with van der Waals surface area (Å²) >= 11 is 0. The van der Waals surface area contributed by atoms with Crippen molar-refractivity contribution in [2.45, 2.75) is 6.61 Å². The van der Waals surface area contributed by atoms with Gasteiger partial charge in [0.1, 0.15) is 0 Å². The van der Waals surface area contributed by atoms with Crippen LogP contribution >= 0.6 is 0 Å². The van der Waals surface area contributed by atoms with E-state index in [0.717, 1.165) is 5.69 Å². The zero-order valence-electron chi connectivity index (χ0n) is 7.64. The van der Waals surface area contributed by atoms with Crippen LogP contribution < -0.4 is 4.90 Å². The molecule has 0 atom stereocenters. The molecule has 0 radical (unpaired) electrons. The number of anilines is 1. The van der Waals surface area contributed by atoms with Crippen molar-refractivity contribution in [3.63, 3.8) is 0 Å². The molecular formula is C9H14N2O2. The van der Waals surface area contributed by atoms with Gasteiger partial charge in [-0.2, -0.15) is 0 Å². The summed E-state index contributed by atoms with van der Waals surface area (Å²) in [5.41, 5.74) is 1.59. The number of aliphatic hydroxyl groups excluding tert-OH is 2. The lowest BCUT2D eigenvalue weighted by Crippen LogP contribution is -2.21. The molecule has 0 aliphatic carbocycles. The molecule has 0 aliphatic rings. The Morgan fingerprint density at radius 3 is 2.85 bits per heavy atom. The van der Waals surface area contributed by atoms with Crippen LogP contribution in [0.5, 0.6) is 0 Å². The molecule has 4 nitrogen and oxygen atoms in total. The Kier molecular flexibility index (Phi) is 3.67. The summed E-state index contributed by atoms with van der Waals surface area (Å²) in [6.45, 7) is 0.642. The maximum absolute atomic E-state index is 8.84. The van der Waals surface area contributed by atoms with Crippen molar-refractivity contribution in [2.75, 3.05) is 25.1 Å². The lowest BCUT2D eigenvalue weighted by Gasteiger charge is -2.17. The summed E-state index contributed by atoms with van der Waals surface area (Å²) in [6, 6.07) is 3.64. The second-order valence-electron chi connectivity index (χ2n) is 2.81. The highest BCUT2D eigenvalue weighted by atomic mass is 16.3. The molecule has 1 rings (SSSR count). The second-order valence-corrected chi connectivity index (χ2v) is 2.81. The fourth-order valence-corrected chi connectivity index (χ4v) is 1.07. The summed E-state index contributed by atoms with van der Waals surface area (Å²) in [5.74, 6) is 0. The predicted octanol–water partition coefficient (Wildman–Crippen LogP) is 0.00240. The fourth-order valence-electron chi connectivity index (χ4n) is 1.07. The SMILES string of the molecule is CN(CCO)c1ccnc(CO)c1. The summed E-state index contributed by atoms with van der Waals surface area (Å²) in [5, 5.41) is 17.6. The Morgan fingerprint density at radius 2 is 2.23 bits per heavy atom. The van der Waals surface area contributed by atoms with Crippen LogP contribution in [-0.4, -0.2) is 35.4 Å². The monoisotopic (exact) mass is 182 g/mol. The van der Waals surface area contributed by atoms with E-state index >= 15 is 0 Å². The van der Waals surface area contributed by atoms with E-state index < -0.39 is 0 Å². The van der Waals surface area contributed by atoms with Crippen molar-refractivity contribution in [3.8, 4) is 0 Å². The molecule has 1 aromatic rings. The molecule has 72 valence electrons. The van der Waals surface area contributed by atoms with E-state index in [1.807, 2.05) is 18.0 Å². The molecule has 0 fully saturated rings. The van der Waals surface area contributed by atoms with Gasteiger partial charge in [0.05, 0.1) is 18.9 Å². The van der Waals surface area contributed by atoms with E-state index in [4.69, 9.17) is 10.2 Å². The summed E-state index contributed by atoms with van der Waals surface area (Å²) in [4.78, 5) is 5.86. The predicted molar refractivity (Wildman–Crippen MR) is 50.5 cm³/mol. The molecule has 0 spiro atoms. The van der Waals surface area contributed by atoms with Crippen LogP contribution in [0, 0.1) is 0 Å². The van der Waals surface area contributed by atoms with Crippen LogP contribution in [0.15, 0.2) is 18.3 Å².